The molecule has 0 amide bonds. The third-order valence-electron chi connectivity index (χ3n) is 5.20. The van der Waals surface area contributed by atoms with E-state index in [0.717, 1.165) is 42.0 Å². The van der Waals surface area contributed by atoms with Crippen molar-refractivity contribution in [2.24, 2.45) is 0 Å². The molecule has 0 saturated heterocycles. The maximum absolute atomic E-state index is 6.38. The van der Waals surface area contributed by atoms with Crippen LogP contribution in [0.4, 0.5) is 0 Å². The molecular formula is C21H20N2O2Se. The van der Waals surface area contributed by atoms with Crippen molar-refractivity contribution in [1.29, 1.82) is 0 Å². The predicted molar refractivity (Wildman–Crippen MR) is 101 cm³/mol. The number of fused-ring (bicyclic) bond motifs is 4. The van der Waals surface area contributed by atoms with Gasteiger partial charge in [-0.15, -0.1) is 0 Å². The Morgan fingerprint density at radius 2 is 2.08 bits per heavy atom. The zero-order valence-corrected chi connectivity index (χ0v) is 16.6. The third-order valence-corrected chi connectivity index (χ3v) is 7.36. The fourth-order valence-electron chi connectivity index (χ4n) is 3.94. The van der Waals surface area contributed by atoms with Crippen LogP contribution >= 0.6 is 0 Å². The first-order valence-corrected chi connectivity index (χ1v) is 10.6. The van der Waals surface area contributed by atoms with Crippen LogP contribution < -0.4 is 9.47 Å². The molecule has 2 aromatic carbocycles. The zero-order chi connectivity index (χ0) is 17.7. The second-order valence-corrected chi connectivity index (χ2v) is 9.00. The molecule has 132 valence electrons. The maximum atomic E-state index is 6.38. The van der Waals surface area contributed by atoms with Gasteiger partial charge in [0.1, 0.15) is 0 Å². The average molecular weight is 411 g/mol. The molecule has 0 fully saturated rings. The Kier molecular flexibility index (Phi) is 3.70. The molecule has 2 aliphatic rings. The van der Waals surface area contributed by atoms with Gasteiger partial charge < -0.3 is 0 Å². The van der Waals surface area contributed by atoms with Crippen LogP contribution in [0.2, 0.25) is 0 Å². The summed E-state index contributed by atoms with van der Waals surface area (Å²) < 4.78 is 18.2. The summed E-state index contributed by atoms with van der Waals surface area (Å²) in [5, 5.41) is 4.38. The SMILES string of the molecule is CC1(C)Oc2cc(OC3CCCc4ccccc43)ccc2-c2nn[se]c21. The molecule has 1 unspecified atom stereocenters. The number of benzene rings is 2. The summed E-state index contributed by atoms with van der Waals surface area (Å²) in [6, 6.07) is 14.7. The van der Waals surface area contributed by atoms with Crippen molar-refractivity contribution in [2.45, 2.75) is 44.8 Å². The predicted octanol–water partition coefficient (Wildman–Crippen LogP) is 4.28. The van der Waals surface area contributed by atoms with Crippen molar-refractivity contribution >= 4 is 14.7 Å². The molecule has 26 heavy (non-hydrogen) atoms. The van der Waals surface area contributed by atoms with Crippen molar-refractivity contribution in [3.8, 4) is 22.8 Å². The van der Waals surface area contributed by atoms with E-state index in [1.807, 2.05) is 12.1 Å². The molecule has 1 aliphatic carbocycles. The molecule has 1 aromatic heterocycles. The number of rotatable bonds is 2. The molecule has 3 aromatic rings. The van der Waals surface area contributed by atoms with Crippen molar-refractivity contribution in [3.63, 3.8) is 0 Å². The standard InChI is InChI=1S/C21H20N2O2Se/c1-21(2)20-19(22-23-26-20)16-11-10-14(12-18(16)25-21)24-17-9-5-7-13-6-3-4-8-15(13)17/h3-4,6,8,10-12,17H,5,7,9H2,1-2H3. The van der Waals surface area contributed by atoms with Crippen LogP contribution in [0.25, 0.3) is 11.3 Å². The van der Waals surface area contributed by atoms with E-state index in [1.54, 1.807) is 0 Å². The summed E-state index contributed by atoms with van der Waals surface area (Å²) >= 11 is 0.0392. The molecule has 0 bridgehead atoms. The van der Waals surface area contributed by atoms with Crippen molar-refractivity contribution in [1.82, 2.24) is 9.19 Å². The van der Waals surface area contributed by atoms with E-state index < -0.39 is 0 Å². The minimum atomic E-state index is -0.359. The van der Waals surface area contributed by atoms with E-state index in [2.05, 4.69) is 53.4 Å². The first kappa shape index (κ1) is 16.1. The molecule has 0 N–H and O–H groups in total. The Morgan fingerprint density at radius 1 is 1.19 bits per heavy atom. The molecule has 2 heterocycles. The normalized spacial score (nSPS) is 19.7. The Labute approximate surface area is 159 Å². The van der Waals surface area contributed by atoms with E-state index in [0.29, 0.717) is 0 Å². The Morgan fingerprint density at radius 3 is 3.00 bits per heavy atom. The van der Waals surface area contributed by atoms with Gasteiger partial charge in [0.25, 0.3) is 0 Å². The van der Waals surface area contributed by atoms with Gasteiger partial charge >= 0.3 is 159 Å². The molecule has 1 aliphatic heterocycles. The monoisotopic (exact) mass is 412 g/mol. The van der Waals surface area contributed by atoms with Gasteiger partial charge in [0, 0.05) is 0 Å². The fraction of sp³-hybridized carbons (Fsp3) is 0.333. The van der Waals surface area contributed by atoms with Crippen LogP contribution in [0.3, 0.4) is 0 Å². The molecule has 1 atom stereocenters. The molecule has 0 radical (unpaired) electrons. The number of hydrogen-bond donors (Lipinski definition) is 0. The summed E-state index contributed by atoms with van der Waals surface area (Å²) in [5.41, 5.74) is 4.38. The van der Waals surface area contributed by atoms with Gasteiger partial charge in [-0.25, -0.2) is 0 Å². The molecular weight excluding hydrogens is 391 g/mol. The summed E-state index contributed by atoms with van der Waals surface area (Å²) in [4.78, 5) is 0. The molecule has 4 nitrogen and oxygen atoms in total. The van der Waals surface area contributed by atoms with Gasteiger partial charge in [0.15, 0.2) is 0 Å². The van der Waals surface area contributed by atoms with Gasteiger partial charge in [-0.05, 0) is 0 Å². The van der Waals surface area contributed by atoms with Crippen molar-refractivity contribution in [2.75, 3.05) is 0 Å². The first-order valence-electron chi connectivity index (χ1n) is 9.02. The third kappa shape index (κ3) is 2.58. The quantitative estimate of drug-likeness (QED) is 0.591. The average Bonchev–Trinajstić information content (AvgIpc) is 3.13. The van der Waals surface area contributed by atoms with Crippen LogP contribution in [0.5, 0.6) is 11.5 Å². The number of hydrogen-bond acceptors (Lipinski definition) is 4. The number of nitrogens with zero attached hydrogens (tertiary/aromatic N) is 2. The fourth-order valence-corrected chi connectivity index (χ4v) is 5.41. The van der Waals surface area contributed by atoms with Gasteiger partial charge in [-0.2, -0.15) is 0 Å². The summed E-state index contributed by atoms with van der Waals surface area (Å²) in [6.07, 6.45) is 3.46. The van der Waals surface area contributed by atoms with E-state index in [9.17, 15) is 0 Å². The van der Waals surface area contributed by atoms with E-state index in [-0.39, 0.29) is 26.4 Å². The number of aromatic nitrogens is 2. The molecule has 5 rings (SSSR count). The van der Waals surface area contributed by atoms with Crippen LogP contribution in [-0.4, -0.2) is 23.9 Å². The van der Waals surface area contributed by atoms with E-state index in [1.165, 1.54) is 15.6 Å². The number of ether oxygens (including phenoxy) is 2. The second kappa shape index (κ2) is 5.97. The van der Waals surface area contributed by atoms with Gasteiger partial charge in [-0.3, -0.25) is 0 Å². The Hall–Kier alpha value is -2.10. The van der Waals surface area contributed by atoms with Gasteiger partial charge in [-0.1, -0.05) is 0 Å². The molecule has 0 saturated carbocycles. The first-order chi connectivity index (χ1) is 12.6. The summed E-state index contributed by atoms with van der Waals surface area (Å²) in [6.45, 7) is 4.18. The topological polar surface area (TPSA) is 44.2 Å². The van der Waals surface area contributed by atoms with E-state index >= 15 is 0 Å². The Balaban J connectivity index is 1.49. The molecule has 5 heteroatoms. The minimum absolute atomic E-state index is 0.0392. The van der Waals surface area contributed by atoms with Crippen LogP contribution in [0.1, 0.15) is 48.4 Å². The zero-order valence-electron chi connectivity index (χ0n) is 14.9. The van der Waals surface area contributed by atoms with E-state index in [4.69, 9.17) is 9.47 Å². The summed E-state index contributed by atoms with van der Waals surface area (Å²) in [7, 11) is 0. The van der Waals surface area contributed by atoms with Crippen LogP contribution in [-0.2, 0) is 12.0 Å². The van der Waals surface area contributed by atoms with Gasteiger partial charge in [0.05, 0.1) is 0 Å². The van der Waals surface area contributed by atoms with Gasteiger partial charge in [0.2, 0.25) is 0 Å². The van der Waals surface area contributed by atoms with Crippen molar-refractivity contribution < 1.29 is 9.47 Å². The van der Waals surface area contributed by atoms with Crippen molar-refractivity contribution in [3.05, 3.63) is 58.0 Å². The van der Waals surface area contributed by atoms with Crippen LogP contribution in [0, 0.1) is 0 Å². The Bertz CT molecular complexity index is 980. The summed E-state index contributed by atoms with van der Waals surface area (Å²) in [5.74, 6) is 1.69. The number of aryl methyl sites for hydroxylation is 1. The second-order valence-electron chi connectivity index (χ2n) is 7.42. The van der Waals surface area contributed by atoms with Crippen LogP contribution in [0.15, 0.2) is 42.5 Å². The molecule has 0 spiro atoms.